The van der Waals surface area contributed by atoms with Gasteiger partial charge in [0, 0.05) is 22.0 Å². The summed E-state index contributed by atoms with van der Waals surface area (Å²) >= 11 is 0. The van der Waals surface area contributed by atoms with Gasteiger partial charge in [-0.2, -0.15) is 5.10 Å². The van der Waals surface area contributed by atoms with Crippen LogP contribution in [0.15, 0.2) is 46.2 Å². The van der Waals surface area contributed by atoms with Gasteiger partial charge in [-0.25, -0.2) is 8.99 Å². The highest BCUT2D eigenvalue weighted by Crippen LogP contribution is 2.23. The highest BCUT2D eigenvalue weighted by Gasteiger charge is 2.15. The van der Waals surface area contributed by atoms with Crippen LogP contribution in [0.3, 0.4) is 0 Å². The number of nitrogens with zero attached hydrogens (tertiary/aromatic N) is 1. The van der Waals surface area contributed by atoms with Crippen LogP contribution in [0, 0.1) is 4.78 Å². The van der Waals surface area contributed by atoms with E-state index in [0.717, 1.165) is 0 Å². The molecule has 0 aliphatic carbocycles. The maximum Gasteiger partial charge on any atom is 0.261 e. The summed E-state index contributed by atoms with van der Waals surface area (Å²) in [7, 11) is -2.80. The van der Waals surface area contributed by atoms with Gasteiger partial charge in [-0.1, -0.05) is 0 Å². The lowest BCUT2D eigenvalue weighted by Gasteiger charge is -2.12. The van der Waals surface area contributed by atoms with Crippen molar-refractivity contribution in [2.75, 3.05) is 5.32 Å². The minimum Gasteiger partial charge on any atom is -0.338 e. The number of H-pyrrole nitrogens is 2. The van der Waals surface area contributed by atoms with Crippen LogP contribution < -0.4 is 10.9 Å². The Bertz CT molecular complexity index is 1000. The molecule has 23 heavy (non-hydrogen) atoms. The van der Waals surface area contributed by atoms with E-state index in [2.05, 4.69) is 20.5 Å². The Morgan fingerprint density at radius 1 is 1.22 bits per heavy atom. The fourth-order valence-corrected chi connectivity index (χ4v) is 3.30. The lowest BCUT2D eigenvalue weighted by Crippen LogP contribution is -2.12. The van der Waals surface area contributed by atoms with Crippen molar-refractivity contribution in [3.63, 3.8) is 0 Å². The molecule has 120 valence electrons. The van der Waals surface area contributed by atoms with Crippen LogP contribution in [0.1, 0.15) is 13.8 Å². The van der Waals surface area contributed by atoms with Crippen molar-refractivity contribution in [2.24, 2.45) is 0 Å². The molecule has 0 aliphatic heterocycles. The van der Waals surface area contributed by atoms with Crippen molar-refractivity contribution in [1.29, 1.82) is 4.78 Å². The van der Waals surface area contributed by atoms with Gasteiger partial charge >= 0.3 is 0 Å². The largest absolute Gasteiger partial charge is 0.338 e. The molecule has 1 unspecified atom stereocenters. The molecule has 4 N–H and O–H groups in total. The van der Waals surface area contributed by atoms with Gasteiger partial charge in [0.2, 0.25) is 0 Å². The number of aromatic nitrogens is 3. The van der Waals surface area contributed by atoms with E-state index in [1.54, 1.807) is 50.4 Å². The van der Waals surface area contributed by atoms with Crippen molar-refractivity contribution in [3.05, 3.63) is 46.9 Å². The van der Waals surface area contributed by atoms with E-state index in [0.29, 0.717) is 27.3 Å². The lowest BCUT2D eigenvalue weighted by atomic mass is 10.3. The number of fused-ring (bicyclic) bond motifs is 1. The molecule has 0 aliphatic rings. The Balaban J connectivity index is 1.93. The third-order valence-electron chi connectivity index (χ3n) is 3.62. The van der Waals surface area contributed by atoms with Gasteiger partial charge in [-0.05, 0) is 44.2 Å². The molecule has 0 saturated heterocycles. The minimum absolute atomic E-state index is 0.232. The maximum absolute atomic E-state index is 12.3. The Hall–Kier alpha value is -2.61. The Morgan fingerprint density at radius 2 is 1.91 bits per heavy atom. The molecule has 1 aromatic carbocycles. The fourth-order valence-electron chi connectivity index (χ4n) is 2.22. The summed E-state index contributed by atoms with van der Waals surface area (Å²) in [5.74, 6) is 0.421. The lowest BCUT2D eigenvalue weighted by molar-refractivity contribution is 0.667. The van der Waals surface area contributed by atoms with Crippen LogP contribution in [0.2, 0.25) is 0 Å². The number of nitrogens with one attached hydrogen (secondary N) is 4. The fraction of sp³-hybridized carbons (Fsp3) is 0.200. The molecular formula is C15H17N5O2S. The van der Waals surface area contributed by atoms with E-state index in [9.17, 15) is 9.00 Å². The number of hydrogen-bond acceptors (Lipinski definition) is 5. The summed E-state index contributed by atoms with van der Waals surface area (Å²) in [5, 5.41) is 10.1. The Kier molecular flexibility index (Phi) is 3.69. The van der Waals surface area contributed by atoms with Crippen molar-refractivity contribution in [2.45, 2.75) is 24.0 Å². The van der Waals surface area contributed by atoms with E-state index in [-0.39, 0.29) is 10.8 Å². The molecule has 0 spiro atoms. The maximum atomic E-state index is 12.3. The molecule has 0 fully saturated rings. The molecule has 0 saturated carbocycles. The summed E-state index contributed by atoms with van der Waals surface area (Å²) in [6, 6.07) is 8.51. The zero-order chi connectivity index (χ0) is 16.6. The predicted octanol–water partition coefficient (Wildman–Crippen LogP) is 2.81. The van der Waals surface area contributed by atoms with E-state index in [4.69, 9.17) is 4.78 Å². The first-order chi connectivity index (χ1) is 10.9. The van der Waals surface area contributed by atoms with Crippen LogP contribution >= 0.6 is 0 Å². The van der Waals surface area contributed by atoms with E-state index in [1.165, 1.54) is 0 Å². The normalized spacial score (nSPS) is 14.0. The second kappa shape index (κ2) is 5.54. The van der Waals surface area contributed by atoms with Crippen molar-refractivity contribution in [1.82, 2.24) is 15.2 Å². The molecule has 3 aromatic rings. The predicted molar refractivity (Wildman–Crippen MR) is 90.7 cm³/mol. The first kappa shape index (κ1) is 15.3. The first-order valence-electron chi connectivity index (χ1n) is 7.10. The molecule has 0 radical (unpaired) electrons. The third-order valence-corrected chi connectivity index (χ3v) is 5.92. The van der Waals surface area contributed by atoms with E-state index >= 15 is 0 Å². The van der Waals surface area contributed by atoms with Crippen LogP contribution in [-0.2, 0) is 9.73 Å². The minimum atomic E-state index is -2.80. The summed E-state index contributed by atoms with van der Waals surface area (Å²) in [6.07, 6.45) is 1.55. The third kappa shape index (κ3) is 2.72. The van der Waals surface area contributed by atoms with Crippen molar-refractivity contribution in [3.8, 4) is 0 Å². The zero-order valence-electron chi connectivity index (χ0n) is 12.7. The number of benzene rings is 1. The van der Waals surface area contributed by atoms with Gasteiger partial charge in [0.25, 0.3) is 5.56 Å². The first-order valence-corrected chi connectivity index (χ1v) is 8.72. The molecule has 8 heteroatoms. The number of rotatable bonds is 4. The SMILES string of the molecule is CC(C)S(=N)(=O)c1ccc(Nc2n[nH]c3cc[nH]c(=O)c23)cc1. The van der Waals surface area contributed by atoms with Gasteiger partial charge < -0.3 is 10.3 Å². The van der Waals surface area contributed by atoms with Gasteiger partial charge in [-0.15, -0.1) is 0 Å². The van der Waals surface area contributed by atoms with Crippen LogP contribution in [-0.4, -0.2) is 24.6 Å². The number of pyridine rings is 1. The molecule has 2 aromatic heterocycles. The molecule has 7 nitrogen and oxygen atoms in total. The molecule has 1 atom stereocenters. The molecule has 3 rings (SSSR count). The van der Waals surface area contributed by atoms with Crippen molar-refractivity contribution < 1.29 is 4.21 Å². The number of aromatic amines is 2. The smallest absolute Gasteiger partial charge is 0.261 e. The standard InChI is InChI=1S/C15H17N5O2S/c1-9(2)23(16,22)11-5-3-10(4-6-11)18-14-13-12(19-20-14)7-8-17-15(13)21/h3-9,16H,1-2H3,(H,17,21)(H2,18,19,20). The highest BCUT2D eigenvalue weighted by atomic mass is 32.2. The molecule has 0 bridgehead atoms. The monoisotopic (exact) mass is 331 g/mol. The van der Waals surface area contributed by atoms with Gasteiger partial charge in [0.15, 0.2) is 5.82 Å². The molecular weight excluding hydrogens is 314 g/mol. The van der Waals surface area contributed by atoms with E-state index < -0.39 is 9.73 Å². The number of anilines is 2. The molecule has 0 amide bonds. The van der Waals surface area contributed by atoms with Crippen LogP contribution in [0.4, 0.5) is 11.5 Å². The van der Waals surface area contributed by atoms with Gasteiger partial charge in [0.05, 0.1) is 15.2 Å². The number of hydrogen-bond donors (Lipinski definition) is 4. The average Bonchev–Trinajstić information content (AvgIpc) is 2.92. The summed E-state index contributed by atoms with van der Waals surface area (Å²) in [4.78, 5) is 15.0. The topological polar surface area (TPSA) is 114 Å². The van der Waals surface area contributed by atoms with E-state index in [1.807, 2.05) is 0 Å². The van der Waals surface area contributed by atoms with Crippen LogP contribution in [0.25, 0.3) is 10.9 Å². The Morgan fingerprint density at radius 3 is 2.57 bits per heavy atom. The quantitative estimate of drug-likeness (QED) is 0.588. The second-order valence-corrected chi connectivity index (χ2v) is 8.08. The second-order valence-electron chi connectivity index (χ2n) is 5.47. The Labute approximate surface area is 133 Å². The summed E-state index contributed by atoms with van der Waals surface area (Å²) in [6.45, 7) is 3.53. The zero-order valence-corrected chi connectivity index (χ0v) is 13.5. The summed E-state index contributed by atoms with van der Waals surface area (Å²) in [5.41, 5.74) is 1.11. The van der Waals surface area contributed by atoms with Crippen LogP contribution in [0.5, 0.6) is 0 Å². The highest BCUT2D eigenvalue weighted by molar-refractivity contribution is 7.93. The van der Waals surface area contributed by atoms with Gasteiger partial charge in [0.1, 0.15) is 5.39 Å². The van der Waals surface area contributed by atoms with Gasteiger partial charge in [-0.3, -0.25) is 9.89 Å². The molecule has 2 heterocycles. The summed E-state index contributed by atoms with van der Waals surface area (Å²) < 4.78 is 20.3. The van der Waals surface area contributed by atoms with Crippen molar-refractivity contribution >= 4 is 32.1 Å². The average molecular weight is 331 g/mol.